The van der Waals surface area contributed by atoms with Gasteiger partial charge in [0.1, 0.15) is 19.0 Å². The first-order valence-corrected chi connectivity index (χ1v) is 6.46. The largest absolute Gasteiger partial charge is 0.358 e. The number of likely N-dealkylation sites (tertiary alicyclic amines) is 1. The number of hydrogen-bond acceptors (Lipinski definition) is 5. The van der Waals surface area contributed by atoms with Gasteiger partial charge in [-0.1, -0.05) is 0 Å². The van der Waals surface area contributed by atoms with E-state index < -0.39 is 4.92 Å². The molecule has 1 aliphatic rings. The molecule has 0 radical (unpaired) electrons. The zero-order valence-electron chi connectivity index (χ0n) is 11.0. The Morgan fingerprint density at radius 1 is 1.47 bits per heavy atom. The minimum Gasteiger partial charge on any atom is -0.358 e. The maximum Gasteiger partial charge on any atom is 0.342 e. The number of carbonyl (C=O) groups is 1. The van der Waals surface area contributed by atoms with Crippen LogP contribution in [0.3, 0.4) is 0 Å². The summed E-state index contributed by atoms with van der Waals surface area (Å²) in [5, 5.41) is 10.9. The van der Waals surface area contributed by atoms with Gasteiger partial charge in [0.2, 0.25) is 0 Å². The molecule has 0 amide bonds. The summed E-state index contributed by atoms with van der Waals surface area (Å²) >= 11 is 0. The Labute approximate surface area is 111 Å². The van der Waals surface area contributed by atoms with Crippen LogP contribution in [0.25, 0.3) is 0 Å². The van der Waals surface area contributed by atoms with E-state index in [9.17, 15) is 14.9 Å². The summed E-state index contributed by atoms with van der Waals surface area (Å²) in [7, 11) is 0. The zero-order valence-corrected chi connectivity index (χ0v) is 11.0. The highest BCUT2D eigenvalue weighted by molar-refractivity contribution is 5.53. The lowest BCUT2D eigenvalue weighted by atomic mass is 9.99. The van der Waals surface area contributed by atoms with E-state index in [4.69, 9.17) is 0 Å². The highest BCUT2D eigenvalue weighted by Gasteiger charge is 2.21. The normalized spacial score (nSPS) is 17.5. The molecule has 19 heavy (non-hydrogen) atoms. The fraction of sp³-hybridized carbons (Fsp3) is 0.667. The van der Waals surface area contributed by atoms with Gasteiger partial charge in [-0.05, 0) is 30.9 Å². The number of hydrogen-bond donors (Lipinski definition) is 0. The van der Waals surface area contributed by atoms with E-state index in [1.807, 2.05) is 0 Å². The van der Waals surface area contributed by atoms with Crippen LogP contribution in [0.4, 0.5) is 5.82 Å². The number of piperidine rings is 1. The molecule has 7 heteroatoms. The van der Waals surface area contributed by atoms with Gasteiger partial charge in [0.25, 0.3) is 0 Å². The molecule has 1 saturated heterocycles. The van der Waals surface area contributed by atoms with Crippen LogP contribution in [0.5, 0.6) is 0 Å². The Morgan fingerprint density at radius 3 is 2.74 bits per heavy atom. The summed E-state index contributed by atoms with van der Waals surface area (Å²) in [6, 6.07) is 0. The first-order valence-electron chi connectivity index (χ1n) is 6.46. The van der Waals surface area contributed by atoms with Gasteiger partial charge in [-0.25, -0.2) is 9.55 Å². The lowest BCUT2D eigenvalue weighted by molar-refractivity contribution is -0.392. The van der Waals surface area contributed by atoms with Crippen LogP contribution in [0.15, 0.2) is 6.20 Å². The van der Waals surface area contributed by atoms with Crippen LogP contribution in [-0.2, 0) is 11.3 Å². The molecule has 0 N–H and O–H groups in total. The van der Waals surface area contributed by atoms with Crippen LogP contribution in [0.2, 0.25) is 0 Å². The average molecular weight is 266 g/mol. The molecule has 1 aromatic rings. The van der Waals surface area contributed by atoms with Crippen molar-refractivity contribution in [2.75, 3.05) is 19.6 Å². The molecule has 0 atom stereocenters. The summed E-state index contributed by atoms with van der Waals surface area (Å²) < 4.78 is 1.63. The van der Waals surface area contributed by atoms with Gasteiger partial charge in [-0.3, -0.25) is 4.90 Å². The topological polar surface area (TPSA) is 81.3 Å². The Kier molecular flexibility index (Phi) is 4.26. The van der Waals surface area contributed by atoms with Crippen molar-refractivity contribution in [2.24, 2.45) is 5.92 Å². The van der Waals surface area contributed by atoms with Crippen molar-refractivity contribution in [1.82, 2.24) is 14.5 Å². The highest BCUT2D eigenvalue weighted by atomic mass is 16.6. The predicted octanol–water partition coefficient (Wildman–Crippen LogP) is 1.01. The maximum absolute atomic E-state index is 10.9. The smallest absolute Gasteiger partial charge is 0.342 e. The molecule has 0 bridgehead atoms. The molecule has 1 fully saturated rings. The SMILES string of the molecule is Cc1ncc([N+](=O)[O-])n1CCN1CCC(C=O)CC1. The van der Waals surface area contributed by atoms with E-state index in [-0.39, 0.29) is 11.7 Å². The minimum absolute atomic E-state index is 0.0419. The third-order valence-corrected chi connectivity index (χ3v) is 3.69. The zero-order chi connectivity index (χ0) is 13.8. The Bertz CT molecular complexity index is 464. The van der Waals surface area contributed by atoms with Crippen LogP contribution in [0.1, 0.15) is 18.7 Å². The van der Waals surface area contributed by atoms with Crippen molar-refractivity contribution in [3.63, 3.8) is 0 Å². The molecule has 0 saturated carbocycles. The quantitative estimate of drug-likeness (QED) is 0.451. The molecule has 0 unspecified atom stereocenters. The third-order valence-electron chi connectivity index (χ3n) is 3.69. The number of nitro groups is 1. The summed E-state index contributed by atoms with van der Waals surface area (Å²) in [6.07, 6.45) is 4.10. The highest BCUT2D eigenvalue weighted by Crippen LogP contribution is 2.17. The minimum atomic E-state index is -0.404. The van der Waals surface area contributed by atoms with Crippen molar-refractivity contribution in [2.45, 2.75) is 26.3 Å². The second-order valence-corrected chi connectivity index (χ2v) is 4.89. The first-order chi connectivity index (χ1) is 9.11. The van der Waals surface area contributed by atoms with Crippen molar-refractivity contribution in [1.29, 1.82) is 0 Å². The second-order valence-electron chi connectivity index (χ2n) is 4.89. The van der Waals surface area contributed by atoms with Gasteiger partial charge in [-0.15, -0.1) is 0 Å². The number of aldehydes is 1. The Balaban J connectivity index is 1.91. The van der Waals surface area contributed by atoms with Crippen LogP contribution >= 0.6 is 0 Å². The van der Waals surface area contributed by atoms with Crippen molar-refractivity contribution >= 4 is 12.1 Å². The summed E-state index contributed by atoms with van der Waals surface area (Å²) in [5.74, 6) is 0.885. The number of aryl methyl sites for hydroxylation is 1. The van der Waals surface area contributed by atoms with Gasteiger partial charge in [0.15, 0.2) is 5.82 Å². The molecular weight excluding hydrogens is 248 g/mol. The fourth-order valence-electron chi connectivity index (χ4n) is 2.43. The van der Waals surface area contributed by atoms with Gasteiger partial charge in [-0.2, -0.15) is 0 Å². The van der Waals surface area contributed by atoms with Crippen molar-refractivity contribution in [3.05, 3.63) is 22.1 Å². The van der Waals surface area contributed by atoms with Crippen LogP contribution in [-0.4, -0.2) is 45.3 Å². The Hall–Kier alpha value is -1.76. The van der Waals surface area contributed by atoms with E-state index in [2.05, 4.69) is 9.88 Å². The third kappa shape index (κ3) is 3.17. The number of carbonyl (C=O) groups excluding carboxylic acids is 1. The molecule has 1 aromatic heterocycles. The van der Waals surface area contributed by atoms with Crippen molar-refractivity contribution < 1.29 is 9.72 Å². The van der Waals surface area contributed by atoms with E-state index in [0.717, 1.165) is 38.8 Å². The number of rotatable bonds is 5. The average Bonchev–Trinajstić information content (AvgIpc) is 2.78. The van der Waals surface area contributed by atoms with E-state index in [1.54, 1.807) is 11.5 Å². The number of aromatic nitrogens is 2. The summed E-state index contributed by atoms with van der Waals surface area (Å²) in [4.78, 5) is 27.3. The van der Waals surface area contributed by atoms with E-state index >= 15 is 0 Å². The lowest BCUT2D eigenvalue weighted by Gasteiger charge is -2.28. The maximum atomic E-state index is 10.9. The van der Waals surface area contributed by atoms with Crippen LogP contribution < -0.4 is 0 Å². The Morgan fingerprint density at radius 2 is 2.16 bits per heavy atom. The summed E-state index contributed by atoms with van der Waals surface area (Å²) in [6.45, 7) is 4.85. The first kappa shape index (κ1) is 13.7. The van der Waals surface area contributed by atoms with Crippen molar-refractivity contribution in [3.8, 4) is 0 Å². The standard InChI is InChI=1S/C12H18N4O3/c1-10-13-8-12(16(18)19)15(10)7-6-14-4-2-11(9-17)3-5-14/h8-9,11H,2-7H2,1H3. The van der Waals surface area contributed by atoms with Gasteiger partial charge in [0.05, 0.1) is 0 Å². The monoisotopic (exact) mass is 266 g/mol. The van der Waals surface area contributed by atoms with E-state index in [1.165, 1.54) is 6.20 Å². The van der Waals surface area contributed by atoms with Gasteiger partial charge in [0, 0.05) is 19.4 Å². The molecule has 2 rings (SSSR count). The molecule has 0 aliphatic carbocycles. The number of nitrogens with zero attached hydrogens (tertiary/aromatic N) is 4. The fourth-order valence-corrected chi connectivity index (χ4v) is 2.43. The van der Waals surface area contributed by atoms with Crippen LogP contribution in [0, 0.1) is 23.0 Å². The molecule has 7 nitrogen and oxygen atoms in total. The van der Waals surface area contributed by atoms with E-state index in [0.29, 0.717) is 12.4 Å². The lowest BCUT2D eigenvalue weighted by Crippen LogP contribution is -2.36. The summed E-state index contributed by atoms with van der Waals surface area (Å²) in [5.41, 5.74) is 0. The molecule has 0 aromatic carbocycles. The van der Waals surface area contributed by atoms with Gasteiger partial charge >= 0.3 is 5.82 Å². The molecule has 1 aliphatic heterocycles. The van der Waals surface area contributed by atoms with Gasteiger partial charge < -0.3 is 14.9 Å². The number of imidazole rings is 1. The predicted molar refractivity (Wildman–Crippen MR) is 68.8 cm³/mol. The molecular formula is C12H18N4O3. The molecule has 2 heterocycles. The second kappa shape index (κ2) is 5.92. The molecule has 104 valence electrons. The molecule has 0 spiro atoms.